The molecule has 3 heterocycles. The minimum atomic E-state index is -0.345. The summed E-state index contributed by atoms with van der Waals surface area (Å²) in [6.07, 6.45) is 4.98. The van der Waals surface area contributed by atoms with Gasteiger partial charge in [0.25, 0.3) is 0 Å². The van der Waals surface area contributed by atoms with E-state index in [1.165, 1.54) is 11.3 Å². The number of carbonyl (C=O) groups excluding carboxylic acids is 1. The van der Waals surface area contributed by atoms with E-state index < -0.39 is 0 Å². The highest BCUT2D eigenvalue weighted by Crippen LogP contribution is 2.32. The molecule has 1 aliphatic rings. The number of likely N-dealkylation sites (tertiary alicyclic amines) is 1. The number of nitrogens with zero attached hydrogens (tertiary/aromatic N) is 4. The Morgan fingerprint density at radius 3 is 3.00 bits per heavy atom. The van der Waals surface area contributed by atoms with Crippen LogP contribution in [0.1, 0.15) is 24.3 Å². The molecule has 8 heteroatoms. The molecule has 2 aromatic heterocycles. The number of aromatic amines is 1. The van der Waals surface area contributed by atoms with Crippen LogP contribution in [0.5, 0.6) is 0 Å². The SMILES string of the molecule is N#CC(c1ccccc1)C1CCCN1C(=O)Nc1cn[nH]c1-c1nccs1. The average Bonchev–Trinajstić information content (AvgIpc) is 3.44. The topological polar surface area (TPSA) is 97.7 Å². The second-order valence-corrected chi connectivity index (χ2v) is 7.24. The monoisotopic (exact) mass is 378 g/mol. The Balaban J connectivity index is 1.54. The van der Waals surface area contributed by atoms with Gasteiger partial charge in [0.1, 0.15) is 10.7 Å². The highest BCUT2D eigenvalue weighted by atomic mass is 32.1. The Hall–Kier alpha value is -3.18. The molecule has 0 spiro atoms. The molecule has 1 aromatic carbocycles. The normalized spacial score (nSPS) is 17.4. The van der Waals surface area contributed by atoms with E-state index in [4.69, 9.17) is 0 Å². The third kappa shape index (κ3) is 3.41. The molecule has 7 nitrogen and oxygen atoms in total. The minimum Gasteiger partial charge on any atom is -0.320 e. The summed E-state index contributed by atoms with van der Waals surface area (Å²) in [5, 5.41) is 22.2. The molecule has 3 aromatic rings. The number of hydrogen-bond acceptors (Lipinski definition) is 5. The van der Waals surface area contributed by atoms with Crippen LogP contribution >= 0.6 is 11.3 Å². The number of anilines is 1. The molecule has 2 N–H and O–H groups in total. The quantitative estimate of drug-likeness (QED) is 0.721. The van der Waals surface area contributed by atoms with Crippen LogP contribution in [0.4, 0.5) is 10.5 Å². The van der Waals surface area contributed by atoms with Gasteiger partial charge in [-0.05, 0) is 18.4 Å². The van der Waals surface area contributed by atoms with Gasteiger partial charge in [-0.1, -0.05) is 30.3 Å². The number of nitriles is 1. The van der Waals surface area contributed by atoms with Crippen molar-refractivity contribution in [1.29, 1.82) is 5.26 Å². The van der Waals surface area contributed by atoms with Gasteiger partial charge >= 0.3 is 6.03 Å². The summed E-state index contributed by atoms with van der Waals surface area (Å²) >= 11 is 1.47. The van der Waals surface area contributed by atoms with Gasteiger partial charge in [0.15, 0.2) is 0 Å². The van der Waals surface area contributed by atoms with Crippen LogP contribution in [0.2, 0.25) is 0 Å². The second kappa shape index (κ2) is 7.60. The van der Waals surface area contributed by atoms with E-state index in [2.05, 4.69) is 26.6 Å². The first-order valence-electron chi connectivity index (χ1n) is 8.73. The molecule has 2 unspecified atom stereocenters. The van der Waals surface area contributed by atoms with Gasteiger partial charge in [-0.25, -0.2) is 9.78 Å². The van der Waals surface area contributed by atoms with Gasteiger partial charge in [-0.15, -0.1) is 11.3 Å². The molecule has 27 heavy (non-hydrogen) atoms. The summed E-state index contributed by atoms with van der Waals surface area (Å²) in [5.74, 6) is -0.345. The van der Waals surface area contributed by atoms with Crippen LogP contribution in [0.25, 0.3) is 10.7 Å². The van der Waals surface area contributed by atoms with E-state index in [9.17, 15) is 10.1 Å². The van der Waals surface area contributed by atoms with Crippen LogP contribution in [0.15, 0.2) is 48.1 Å². The number of carbonyl (C=O) groups is 1. The fourth-order valence-corrected chi connectivity index (χ4v) is 4.16. The van der Waals surface area contributed by atoms with E-state index in [0.29, 0.717) is 17.9 Å². The maximum atomic E-state index is 12.9. The van der Waals surface area contributed by atoms with Crippen LogP contribution in [-0.4, -0.2) is 38.7 Å². The molecular weight excluding hydrogens is 360 g/mol. The van der Waals surface area contributed by atoms with Crippen LogP contribution in [-0.2, 0) is 0 Å². The fraction of sp³-hybridized carbons (Fsp3) is 0.263. The lowest BCUT2D eigenvalue weighted by molar-refractivity contribution is 0.203. The van der Waals surface area contributed by atoms with E-state index >= 15 is 0 Å². The third-order valence-electron chi connectivity index (χ3n) is 4.77. The van der Waals surface area contributed by atoms with Crippen molar-refractivity contribution in [2.75, 3.05) is 11.9 Å². The number of nitrogens with one attached hydrogen (secondary N) is 2. The largest absolute Gasteiger partial charge is 0.322 e. The Morgan fingerprint density at radius 1 is 1.41 bits per heavy atom. The highest BCUT2D eigenvalue weighted by molar-refractivity contribution is 7.13. The van der Waals surface area contributed by atoms with Gasteiger partial charge in [0.2, 0.25) is 0 Å². The Kier molecular flexibility index (Phi) is 4.85. The molecule has 4 rings (SSSR count). The summed E-state index contributed by atoms with van der Waals surface area (Å²) < 4.78 is 0. The van der Waals surface area contributed by atoms with Gasteiger partial charge in [0, 0.05) is 18.1 Å². The van der Waals surface area contributed by atoms with Crippen molar-refractivity contribution in [1.82, 2.24) is 20.1 Å². The molecule has 1 aliphatic heterocycles. The third-order valence-corrected chi connectivity index (χ3v) is 5.56. The predicted molar refractivity (Wildman–Crippen MR) is 103 cm³/mol. The van der Waals surface area contributed by atoms with Crippen LogP contribution in [0.3, 0.4) is 0 Å². The first-order chi connectivity index (χ1) is 13.3. The van der Waals surface area contributed by atoms with Crippen molar-refractivity contribution in [3.8, 4) is 16.8 Å². The average molecular weight is 378 g/mol. The smallest absolute Gasteiger partial charge is 0.320 e. The molecule has 0 saturated carbocycles. The van der Waals surface area contributed by atoms with E-state index in [-0.39, 0.29) is 18.0 Å². The summed E-state index contributed by atoms with van der Waals surface area (Å²) in [5.41, 5.74) is 2.22. The first kappa shape index (κ1) is 17.2. The van der Waals surface area contributed by atoms with Crippen LogP contribution in [0, 0.1) is 11.3 Å². The van der Waals surface area contributed by atoms with E-state index in [1.54, 1.807) is 17.3 Å². The number of amides is 2. The maximum absolute atomic E-state index is 12.9. The molecule has 2 amide bonds. The number of hydrogen-bond donors (Lipinski definition) is 2. The summed E-state index contributed by atoms with van der Waals surface area (Å²) in [6.45, 7) is 0.631. The number of thiazole rings is 1. The number of urea groups is 1. The summed E-state index contributed by atoms with van der Waals surface area (Å²) in [4.78, 5) is 19.0. The first-order valence-corrected chi connectivity index (χ1v) is 9.61. The Bertz CT molecular complexity index is 946. The number of rotatable bonds is 4. The lowest BCUT2D eigenvalue weighted by Gasteiger charge is -2.28. The van der Waals surface area contributed by atoms with Gasteiger partial charge in [-0.3, -0.25) is 5.10 Å². The zero-order valence-corrected chi connectivity index (χ0v) is 15.3. The van der Waals surface area contributed by atoms with Crippen molar-refractivity contribution < 1.29 is 4.79 Å². The van der Waals surface area contributed by atoms with Crippen molar-refractivity contribution in [2.24, 2.45) is 0 Å². The molecule has 2 atom stereocenters. The minimum absolute atomic E-state index is 0.146. The number of benzene rings is 1. The second-order valence-electron chi connectivity index (χ2n) is 6.35. The van der Waals surface area contributed by atoms with Crippen molar-refractivity contribution >= 4 is 23.1 Å². The van der Waals surface area contributed by atoms with E-state index in [0.717, 1.165) is 23.4 Å². The maximum Gasteiger partial charge on any atom is 0.322 e. The van der Waals surface area contributed by atoms with Crippen molar-refractivity contribution in [3.05, 3.63) is 53.7 Å². The zero-order valence-electron chi connectivity index (χ0n) is 14.5. The summed E-state index contributed by atoms with van der Waals surface area (Å²) in [6, 6.07) is 11.7. The number of aromatic nitrogens is 3. The molecule has 0 aliphatic carbocycles. The van der Waals surface area contributed by atoms with Crippen LogP contribution < -0.4 is 5.32 Å². The molecule has 136 valence electrons. The molecule has 0 radical (unpaired) electrons. The fourth-order valence-electron chi connectivity index (χ4n) is 3.51. The van der Waals surface area contributed by atoms with Crippen molar-refractivity contribution in [2.45, 2.75) is 24.8 Å². The van der Waals surface area contributed by atoms with E-state index in [1.807, 2.05) is 35.7 Å². The molecule has 1 saturated heterocycles. The zero-order chi connectivity index (χ0) is 18.6. The standard InChI is InChI=1S/C19H18N6OS/c20-11-14(13-5-2-1-3-6-13)16-7-4-9-25(16)19(26)23-15-12-22-24-17(15)18-21-8-10-27-18/h1-3,5-6,8,10,12,14,16H,4,7,9H2,(H,22,24)(H,23,26). The van der Waals surface area contributed by atoms with Gasteiger partial charge in [0.05, 0.1) is 29.9 Å². The molecular formula is C19H18N6OS. The van der Waals surface area contributed by atoms with Gasteiger partial charge in [-0.2, -0.15) is 10.4 Å². The van der Waals surface area contributed by atoms with Gasteiger partial charge < -0.3 is 10.2 Å². The summed E-state index contributed by atoms with van der Waals surface area (Å²) in [7, 11) is 0. The number of H-pyrrole nitrogens is 1. The van der Waals surface area contributed by atoms with Crippen molar-refractivity contribution in [3.63, 3.8) is 0 Å². The predicted octanol–water partition coefficient (Wildman–Crippen LogP) is 3.84. The molecule has 1 fully saturated rings. The lowest BCUT2D eigenvalue weighted by Crippen LogP contribution is -2.41. The Morgan fingerprint density at radius 2 is 2.26 bits per heavy atom. The Labute approximate surface area is 160 Å². The highest BCUT2D eigenvalue weighted by Gasteiger charge is 2.36. The molecule has 0 bridgehead atoms. The lowest BCUT2D eigenvalue weighted by atomic mass is 9.91.